The first-order valence-corrected chi connectivity index (χ1v) is 15.7. The van der Waals surface area contributed by atoms with Gasteiger partial charge in [0.15, 0.2) is 6.29 Å². The number of aliphatic hydroxyl groups excluding tert-OH is 1. The second-order valence-corrected chi connectivity index (χ2v) is 11.8. The van der Waals surface area contributed by atoms with Crippen molar-refractivity contribution in [3.63, 3.8) is 0 Å². The van der Waals surface area contributed by atoms with Gasteiger partial charge < -0.3 is 24.2 Å². The van der Waals surface area contributed by atoms with Crippen LogP contribution in [0.15, 0.2) is 67.0 Å². The molecule has 0 amide bonds. The van der Waals surface area contributed by atoms with Crippen LogP contribution < -0.4 is 14.2 Å². The number of aromatic nitrogens is 1. The van der Waals surface area contributed by atoms with Crippen molar-refractivity contribution in [1.29, 1.82) is 5.26 Å². The highest BCUT2D eigenvalue weighted by Crippen LogP contribution is 2.44. The van der Waals surface area contributed by atoms with Crippen molar-refractivity contribution in [2.45, 2.75) is 45.3 Å². The Bertz CT molecular complexity index is 1810. The summed E-state index contributed by atoms with van der Waals surface area (Å²) in [5.41, 5.74) is 1.87. The predicted molar refractivity (Wildman–Crippen MR) is 173 cm³/mol. The lowest BCUT2D eigenvalue weighted by Crippen LogP contribution is -2.24. The van der Waals surface area contributed by atoms with Crippen LogP contribution in [0.2, 0.25) is 5.02 Å². The van der Waals surface area contributed by atoms with E-state index in [0.717, 1.165) is 6.54 Å². The van der Waals surface area contributed by atoms with Gasteiger partial charge in [-0.3, -0.25) is 9.78 Å². The SMILES string of the molecule is Cc1c(COc2cc(OCc3cncc(C#N)c3)c(C=O)cc2Cl)cccc1-c1cccc(OCCCN2CC[C@@H](O)C2)c1C(F)(F)F. The van der Waals surface area contributed by atoms with Crippen LogP contribution in [0.4, 0.5) is 13.2 Å². The normalized spacial score (nSPS) is 14.8. The van der Waals surface area contributed by atoms with Crippen molar-refractivity contribution in [1.82, 2.24) is 9.88 Å². The predicted octanol–water partition coefficient (Wildman–Crippen LogP) is 7.41. The van der Waals surface area contributed by atoms with Crippen molar-refractivity contribution in [3.05, 3.63) is 105 Å². The Morgan fingerprint density at radius 2 is 1.81 bits per heavy atom. The van der Waals surface area contributed by atoms with E-state index >= 15 is 0 Å². The summed E-state index contributed by atoms with van der Waals surface area (Å²) >= 11 is 6.42. The maximum atomic E-state index is 14.5. The number of alkyl halides is 3. The first kappa shape index (κ1) is 34.7. The quantitative estimate of drug-likeness (QED) is 0.115. The molecule has 1 saturated heterocycles. The summed E-state index contributed by atoms with van der Waals surface area (Å²) in [5, 5.41) is 19.0. The highest BCUT2D eigenvalue weighted by Gasteiger charge is 2.38. The van der Waals surface area contributed by atoms with Gasteiger partial charge in [0.05, 0.1) is 28.9 Å². The third-order valence-corrected chi connectivity index (χ3v) is 8.36. The number of nitrogens with zero attached hydrogens (tertiary/aromatic N) is 3. The van der Waals surface area contributed by atoms with Gasteiger partial charge in [-0.15, -0.1) is 0 Å². The number of likely N-dealkylation sites (tertiary alicyclic amines) is 1. The van der Waals surface area contributed by atoms with Crippen molar-refractivity contribution in [3.8, 4) is 34.4 Å². The molecule has 5 rings (SSSR count). The molecule has 0 aliphatic carbocycles. The molecule has 0 unspecified atom stereocenters. The number of rotatable bonds is 13. The van der Waals surface area contributed by atoms with Gasteiger partial charge in [0.25, 0.3) is 0 Å². The first-order valence-electron chi connectivity index (χ1n) is 15.3. The number of carbonyl (C=O) groups is 1. The van der Waals surface area contributed by atoms with Gasteiger partial charge in [-0.05, 0) is 60.2 Å². The highest BCUT2D eigenvalue weighted by atomic mass is 35.5. The number of pyridine rings is 1. The molecule has 8 nitrogen and oxygen atoms in total. The Hall–Kier alpha value is -4.63. The lowest BCUT2D eigenvalue weighted by atomic mass is 9.92. The number of carbonyl (C=O) groups excluding carboxylic acids is 1. The van der Waals surface area contributed by atoms with E-state index in [2.05, 4.69) is 9.88 Å². The zero-order valence-corrected chi connectivity index (χ0v) is 26.9. The maximum Gasteiger partial charge on any atom is 0.420 e. The van der Waals surface area contributed by atoms with Gasteiger partial charge in [0, 0.05) is 43.7 Å². The van der Waals surface area contributed by atoms with Gasteiger partial charge in [-0.1, -0.05) is 41.9 Å². The van der Waals surface area contributed by atoms with E-state index in [4.69, 9.17) is 31.1 Å². The van der Waals surface area contributed by atoms with E-state index < -0.39 is 11.7 Å². The number of aliphatic hydroxyl groups is 1. The number of aldehydes is 1. The van der Waals surface area contributed by atoms with Crippen LogP contribution in [-0.2, 0) is 19.4 Å². The topological polar surface area (TPSA) is 105 Å². The molecule has 2 heterocycles. The van der Waals surface area contributed by atoms with E-state index in [-0.39, 0.29) is 59.3 Å². The molecular formula is C36H33ClF3N3O5. The molecule has 3 aromatic carbocycles. The second-order valence-electron chi connectivity index (χ2n) is 11.4. The first-order chi connectivity index (χ1) is 23.1. The fourth-order valence-electron chi connectivity index (χ4n) is 5.61. The molecule has 1 aliphatic heterocycles. The Morgan fingerprint density at radius 1 is 1.04 bits per heavy atom. The molecule has 1 fully saturated rings. The molecule has 12 heteroatoms. The number of nitriles is 1. The molecule has 4 aromatic rings. The van der Waals surface area contributed by atoms with Gasteiger partial charge in [-0.25, -0.2) is 0 Å². The summed E-state index contributed by atoms with van der Waals surface area (Å²) < 4.78 is 61.1. The van der Waals surface area contributed by atoms with Gasteiger partial charge in [-0.2, -0.15) is 18.4 Å². The molecule has 1 atom stereocenters. The van der Waals surface area contributed by atoms with E-state index in [1.54, 1.807) is 43.5 Å². The standard InChI is InChI=1S/C36H33ClF3N3O5/c1-23-26(22-48-34-15-33(27(20-44)14-31(34)37)47-21-25-13-24(16-41)17-42-18-25)5-2-6-29(23)30-7-3-8-32(35(30)36(38,39)40)46-12-4-10-43-11-9-28(45)19-43/h2-3,5-8,13-15,17-18,20,28,45H,4,9-12,19,21-22H2,1H3/t28-/m1/s1. The molecule has 0 radical (unpaired) electrons. The third-order valence-electron chi connectivity index (χ3n) is 8.06. The van der Waals surface area contributed by atoms with Crippen LogP contribution in [0.25, 0.3) is 11.1 Å². The zero-order chi connectivity index (χ0) is 34.3. The summed E-state index contributed by atoms with van der Waals surface area (Å²) in [6.45, 7) is 3.76. The Kier molecular flexibility index (Phi) is 11.2. The third kappa shape index (κ3) is 8.44. The van der Waals surface area contributed by atoms with Crippen LogP contribution in [0.1, 0.15) is 51.0 Å². The lowest BCUT2D eigenvalue weighted by Gasteiger charge is -2.21. The lowest BCUT2D eigenvalue weighted by molar-refractivity contribution is -0.138. The van der Waals surface area contributed by atoms with Crippen LogP contribution in [0.5, 0.6) is 17.2 Å². The smallest absolute Gasteiger partial charge is 0.420 e. The molecule has 250 valence electrons. The number of hydrogen-bond donors (Lipinski definition) is 1. The molecule has 0 saturated carbocycles. The number of ether oxygens (including phenoxy) is 3. The van der Waals surface area contributed by atoms with Crippen molar-refractivity contribution in [2.24, 2.45) is 0 Å². The van der Waals surface area contributed by atoms with E-state index in [9.17, 15) is 23.1 Å². The van der Waals surface area contributed by atoms with E-state index in [1.807, 2.05) is 6.07 Å². The Balaban J connectivity index is 1.33. The molecule has 1 aromatic heterocycles. The molecule has 0 spiro atoms. The van der Waals surface area contributed by atoms with Gasteiger partial charge >= 0.3 is 6.18 Å². The molecule has 0 bridgehead atoms. The maximum absolute atomic E-state index is 14.5. The summed E-state index contributed by atoms with van der Waals surface area (Å²) in [7, 11) is 0. The zero-order valence-electron chi connectivity index (χ0n) is 26.1. The van der Waals surface area contributed by atoms with Crippen molar-refractivity contribution >= 4 is 17.9 Å². The molecule has 1 aliphatic rings. The number of hydrogen-bond acceptors (Lipinski definition) is 8. The highest BCUT2D eigenvalue weighted by molar-refractivity contribution is 6.32. The van der Waals surface area contributed by atoms with E-state index in [1.165, 1.54) is 30.5 Å². The largest absolute Gasteiger partial charge is 0.493 e. The van der Waals surface area contributed by atoms with Gasteiger partial charge in [0.2, 0.25) is 0 Å². The van der Waals surface area contributed by atoms with Crippen LogP contribution in [0, 0.1) is 18.3 Å². The van der Waals surface area contributed by atoms with Crippen LogP contribution in [0.3, 0.4) is 0 Å². The minimum atomic E-state index is -4.68. The summed E-state index contributed by atoms with van der Waals surface area (Å²) in [4.78, 5) is 17.8. The minimum Gasteiger partial charge on any atom is -0.493 e. The summed E-state index contributed by atoms with van der Waals surface area (Å²) in [5.74, 6) is 0.162. The summed E-state index contributed by atoms with van der Waals surface area (Å²) in [6, 6.07) is 15.8. The molecular weight excluding hydrogens is 647 g/mol. The van der Waals surface area contributed by atoms with Crippen LogP contribution >= 0.6 is 11.6 Å². The Morgan fingerprint density at radius 3 is 2.54 bits per heavy atom. The van der Waals surface area contributed by atoms with Crippen molar-refractivity contribution < 1.29 is 37.3 Å². The minimum absolute atomic E-state index is 0.0129. The summed E-state index contributed by atoms with van der Waals surface area (Å²) in [6.07, 6.45) is -0.271. The fourth-order valence-corrected chi connectivity index (χ4v) is 5.83. The average Bonchev–Trinajstić information content (AvgIpc) is 3.50. The van der Waals surface area contributed by atoms with E-state index in [0.29, 0.717) is 60.0 Å². The molecule has 1 N–H and O–H groups in total. The monoisotopic (exact) mass is 679 g/mol. The number of benzene rings is 3. The molecule has 48 heavy (non-hydrogen) atoms. The number of β-amino-alcohol motifs (C(OH)–C–C–N with tert-alkyl or cyclic N) is 1. The average molecular weight is 680 g/mol. The number of halogens is 4. The van der Waals surface area contributed by atoms with Crippen LogP contribution in [-0.4, -0.2) is 53.6 Å². The Labute approximate surface area is 281 Å². The van der Waals surface area contributed by atoms with Crippen molar-refractivity contribution in [2.75, 3.05) is 26.2 Å². The second kappa shape index (κ2) is 15.5. The fraction of sp³-hybridized carbons (Fsp3) is 0.306. The van der Waals surface area contributed by atoms with Gasteiger partial charge in [0.1, 0.15) is 42.1 Å².